The van der Waals surface area contributed by atoms with Crippen LogP contribution in [0.2, 0.25) is 0 Å². The number of ether oxygens (including phenoxy) is 1. The fourth-order valence-electron chi connectivity index (χ4n) is 2.80. The Kier molecular flexibility index (Phi) is 4.26. The van der Waals surface area contributed by atoms with Gasteiger partial charge in [-0.05, 0) is 31.6 Å². The van der Waals surface area contributed by atoms with Gasteiger partial charge in [0.15, 0.2) is 5.82 Å². The lowest BCUT2D eigenvalue weighted by molar-refractivity contribution is 0.339. The number of hydrogen-bond acceptors (Lipinski definition) is 5. The first-order chi connectivity index (χ1) is 12.7. The summed E-state index contributed by atoms with van der Waals surface area (Å²) in [5.74, 6) is 1.33. The maximum Gasteiger partial charge on any atom is 0.291 e. The third kappa shape index (κ3) is 2.88. The monoisotopic (exact) mass is 363 g/mol. The van der Waals surface area contributed by atoms with Crippen LogP contribution >= 0.6 is 11.3 Å². The fraction of sp³-hybridized carbons (Fsp3) is 0.150. The van der Waals surface area contributed by atoms with Gasteiger partial charge in [0.1, 0.15) is 5.75 Å². The quantitative estimate of drug-likeness (QED) is 0.559. The Bertz CT molecular complexity index is 1190. The maximum absolute atomic E-state index is 12.7. The third-order valence-corrected chi connectivity index (χ3v) is 5.03. The Balaban J connectivity index is 1.82. The molecule has 2 aromatic carbocycles. The molecule has 4 rings (SSSR count). The Labute approximate surface area is 154 Å². The third-order valence-electron chi connectivity index (χ3n) is 4.07. The van der Waals surface area contributed by atoms with Crippen molar-refractivity contribution >= 4 is 22.4 Å². The molecular weight excluding hydrogens is 346 g/mol. The first-order valence-corrected chi connectivity index (χ1v) is 9.18. The molecule has 26 heavy (non-hydrogen) atoms. The molecule has 2 heterocycles. The largest absolute Gasteiger partial charge is 0.493 e. The van der Waals surface area contributed by atoms with E-state index < -0.39 is 0 Å². The summed E-state index contributed by atoms with van der Waals surface area (Å²) in [7, 11) is 0. The molecular formula is C20H17N3O2S. The average molecular weight is 363 g/mol. The normalized spacial score (nSPS) is 12.0. The summed E-state index contributed by atoms with van der Waals surface area (Å²) in [5.41, 5.74) is 2.73. The van der Waals surface area contributed by atoms with E-state index in [1.807, 2.05) is 68.5 Å². The summed E-state index contributed by atoms with van der Waals surface area (Å²) in [6, 6.07) is 15.5. The molecule has 0 bridgehead atoms. The van der Waals surface area contributed by atoms with E-state index in [1.165, 1.54) is 15.9 Å². The van der Waals surface area contributed by atoms with Crippen LogP contribution in [0.4, 0.5) is 0 Å². The van der Waals surface area contributed by atoms with Crippen LogP contribution in [-0.2, 0) is 0 Å². The minimum Gasteiger partial charge on any atom is -0.493 e. The first kappa shape index (κ1) is 16.5. The average Bonchev–Trinajstić information content (AvgIpc) is 3.17. The van der Waals surface area contributed by atoms with Crippen LogP contribution in [0.25, 0.3) is 22.4 Å². The number of fused-ring (bicyclic) bond motifs is 1. The molecule has 4 aromatic rings. The van der Waals surface area contributed by atoms with Crippen molar-refractivity contribution in [2.24, 2.45) is 0 Å². The van der Waals surface area contributed by atoms with Gasteiger partial charge < -0.3 is 4.74 Å². The Morgan fingerprint density at radius 3 is 2.69 bits per heavy atom. The minimum atomic E-state index is -0.163. The molecule has 0 N–H and O–H groups in total. The van der Waals surface area contributed by atoms with Crippen LogP contribution in [0.1, 0.15) is 18.1 Å². The van der Waals surface area contributed by atoms with Crippen LogP contribution in [0.3, 0.4) is 0 Å². The van der Waals surface area contributed by atoms with Gasteiger partial charge in [-0.15, -0.1) is 5.10 Å². The second-order valence-electron chi connectivity index (χ2n) is 5.83. The van der Waals surface area contributed by atoms with Gasteiger partial charge in [0.2, 0.25) is 4.96 Å². The van der Waals surface area contributed by atoms with Crippen molar-refractivity contribution < 1.29 is 4.74 Å². The van der Waals surface area contributed by atoms with Crippen molar-refractivity contribution in [3.63, 3.8) is 0 Å². The van der Waals surface area contributed by atoms with E-state index in [9.17, 15) is 4.79 Å². The van der Waals surface area contributed by atoms with Crippen LogP contribution in [0.5, 0.6) is 5.75 Å². The molecule has 0 spiro atoms. The Morgan fingerprint density at radius 1 is 1.15 bits per heavy atom. The highest BCUT2D eigenvalue weighted by atomic mass is 32.1. The predicted molar refractivity (Wildman–Crippen MR) is 104 cm³/mol. The molecule has 0 aliphatic heterocycles. The van der Waals surface area contributed by atoms with Crippen LogP contribution in [0.15, 0.2) is 53.3 Å². The Hall–Kier alpha value is -2.99. The van der Waals surface area contributed by atoms with E-state index in [1.54, 1.807) is 0 Å². The number of benzene rings is 2. The lowest BCUT2D eigenvalue weighted by atomic mass is 10.1. The van der Waals surface area contributed by atoms with E-state index in [0.717, 1.165) is 22.4 Å². The molecule has 0 radical (unpaired) electrons. The molecule has 0 saturated carbocycles. The van der Waals surface area contributed by atoms with Crippen molar-refractivity contribution in [1.29, 1.82) is 0 Å². The van der Waals surface area contributed by atoms with Crippen molar-refractivity contribution in [2.45, 2.75) is 13.8 Å². The number of aryl methyl sites for hydroxylation is 1. The second-order valence-corrected chi connectivity index (χ2v) is 6.84. The van der Waals surface area contributed by atoms with E-state index in [-0.39, 0.29) is 5.56 Å². The summed E-state index contributed by atoms with van der Waals surface area (Å²) >= 11 is 1.33. The summed E-state index contributed by atoms with van der Waals surface area (Å²) in [5, 5.41) is 4.42. The zero-order chi connectivity index (χ0) is 18.1. The van der Waals surface area contributed by atoms with Crippen molar-refractivity contribution in [3.05, 3.63) is 74.5 Å². The summed E-state index contributed by atoms with van der Waals surface area (Å²) < 4.78 is 7.59. The molecule has 0 amide bonds. The van der Waals surface area contributed by atoms with Crippen molar-refractivity contribution in [1.82, 2.24) is 14.6 Å². The van der Waals surface area contributed by atoms with Crippen LogP contribution in [0, 0.1) is 6.92 Å². The number of aromatic nitrogens is 3. The highest BCUT2D eigenvalue weighted by molar-refractivity contribution is 7.15. The standard InChI is InChI=1S/C20H17N3O2S/c1-3-25-16-11-7-5-9-14(16)12-17-19(24)23-20(26-17)21-18(22-23)15-10-6-4-8-13(15)2/h4-12H,3H2,1-2H3/b17-12-. The zero-order valence-corrected chi connectivity index (χ0v) is 15.3. The maximum atomic E-state index is 12.7. The van der Waals surface area contributed by atoms with Gasteiger partial charge >= 0.3 is 0 Å². The van der Waals surface area contributed by atoms with Crippen molar-refractivity contribution in [3.8, 4) is 17.1 Å². The van der Waals surface area contributed by atoms with Gasteiger partial charge in [-0.2, -0.15) is 9.50 Å². The lowest BCUT2D eigenvalue weighted by Crippen LogP contribution is -2.23. The zero-order valence-electron chi connectivity index (χ0n) is 14.5. The minimum absolute atomic E-state index is 0.163. The van der Waals surface area contributed by atoms with E-state index >= 15 is 0 Å². The smallest absolute Gasteiger partial charge is 0.291 e. The highest BCUT2D eigenvalue weighted by Crippen LogP contribution is 2.21. The topological polar surface area (TPSA) is 56.5 Å². The number of thiazole rings is 1. The van der Waals surface area contributed by atoms with Gasteiger partial charge in [-0.3, -0.25) is 4.79 Å². The van der Waals surface area contributed by atoms with Crippen LogP contribution in [-0.4, -0.2) is 21.2 Å². The molecule has 0 aliphatic carbocycles. The van der Waals surface area contributed by atoms with Gasteiger partial charge in [-0.25, -0.2) is 0 Å². The van der Waals surface area contributed by atoms with Gasteiger partial charge in [0, 0.05) is 11.1 Å². The second kappa shape index (κ2) is 6.72. The number of nitrogens with zero attached hydrogens (tertiary/aromatic N) is 3. The highest BCUT2D eigenvalue weighted by Gasteiger charge is 2.13. The summed E-state index contributed by atoms with van der Waals surface area (Å²) in [4.78, 5) is 17.9. The van der Waals surface area contributed by atoms with Crippen molar-refractivity contribution in [2.75, 3.05) is 6.61 Å². The predicted octanol–water partition coefficient (Wildman–Crippen LogP) is 3.07. The SMILES string of the molecule is CCOc1ccccc1/C=c1\sc2nc(-c3ccccc3C)nn2c1=O. The number of para-hydroxylation sites is 1. The Morgan fingerprint density at radius 2 is 1.92 bits per heavy atom. The summed E-state index contributed by atoms with van der Waals surface area (Å²) in [6.45, 7) is 4.52. The molecule has 0 saturated heterocycles. The molecule has 130 valence electrons. The van der Waals surface area contributed by atoms with E-state index in [0.29, 0.717) is 21.9 Å². The van der Waals surface area contributed by atoms with Gasteiger partial charge in [-0.1, -0.05) is 53.8 Å². The molecule has 2 aromatic heterocycles. The summed E-state index contributed by atoms with van der Waals surface area (Å²) in [6.07, 6.45) is 1.84. The number of hydrogen-bond donors (Lipinski definition) is 0. The van der Waals surface area contributed by atoms with E-state index in [4.69, 9.17) is 4.74 Å². The first-order valence-electron chi connectivity index (χ1n) is 8.36. The fourth-order valence-corrected chi connectivity index (χ4v) is 3.70. The van der Waals surface area contributed by atoms with Gasteiger partial charge in [0.05, 0.1) is 11.1 Å². The number of rotatable bonds is 4. The molecule has 0 atom stereocenters. The molecule has 5 nitrogen and oxygen atoms in total. The van der Waals surface area contributed by atoms with Gasteiger partial charge in [0.25, 0.3) is 5.56 Å². The van der Waals surface area contributed by atoms with Crippen LogP contribution < -0.4 is 14.8 Å². The molecule has 0 unspecified atom stereocenters. The molecule has 0 aliphatic rings. The van der Waals surface area contributed by atoms with E-state index in [2.05, 4.69) is 10.1 Å². The molecule has 6 heteroatoms. The molecule has 0 fully saturated rings. The lowest BCUT2D eigenvalue weighted by Gasteiger charge is -2.05.